The third-order valence-electron chi connectivity index (χ3n) is 1.30. The summed E-state index contributed by atoms with van der Waals surface area (Å²) < 4.78 is 0. The van der Waals surface area contributed by atoms with Gasteiger partial charge in [-0.2, -0.15) is 0 Å². The van der Waals surface area contributed by atoms with Crippen molar-refractivity contribution in [1.29, 1.82) is 0 Å². The van der Waals surface area contributed by atoms with Gasteiger partial charge in [0.15, 0.2) is 0 Å². The first-order chi connectivity index (χ1) is 4.75. The van der Waals surface area contributed by atoms with Crippen LogP contribution in [0.2, 0.25) is 0 Å². The number of carbonyl (C=O) groups is 1. The maximum absolute atomic E-state index is 10.8. The Hall–Kier alpha value is -0.895. The van der Waals surface area contributed by atoms with Gasteiger partial charge in [-0.3, -0.25) is 0 Å². The van der Waals surface area contributed by atoms with E-state index in [0.717, 1.165) is 0 Å². The van der Waals surface area contributed by atoms with Gasteiger partial charge in [-0.25, -0.2) is 0 Å². The molecule has 0 aromatic carbocycles. The van der Waals surface area contributed by atoms with Gasteiger partial charge in [0, 0.05) is 0 Å². The number of hydrogen-bond donors (Lipinski definition) is 1. The van der Waals surface area contributed by atoms with Gasteiger partial charge in [-0.1, -0.05) is 0 Å². The standard InChI is InChI=1S/C6H7BNO2/c7-5-1-2-6(10)8(5)3-4-9/h1-2,9H,3-4H2. The fourth-order valence-corrected chi connectivity index (χ4v) is 0.803. The van der Waals surface area contributed by atoms with Crippen LogP contribution < -0.4 is 0 Å². The van der Waals surface area contributed by atoms with Crippen molar-refractivity contribution in [2.75, 3.05) is 13.2 Å². The second kappa shape index (κ2) is 2.79. The Morgan fingerprint density at radius 3 is 2.70 bits per heavy atom. The van der Waals surface area contributed by atoms with Crippen LogP contribution in [0, 0.1) is 0 Å². The Bertz CT molecular complexity index is 182. The molecule has 0 unspecified atom stereocenters. The van der Waals surface area contributed by atoms with Gasteiger partial charge in [0.1, 0.15) is 0 Å². The molecule has 1 rings (SSSR count). The topological polar surface area (TPSA) is 40.5 Å². The number of rotatable bonds is 2. The van der Waals surface area contributed by atoms with E-state index in [9.17, 15) is 4.79 Å². The van der Waals surface area contributed by atoms with Crippen molar-refractivity contribution in [2.45, 2.75) is 0 Å². The maximum atomic E-state index is 10.8. The van der Waals surface area contributed by atoms with Crippen molar-refractivity contribution in [3.8, 4) is 0 Å². The summed E-state index contributed by atoms with van der Waals surface area (Å²) in [6.07, 6.45) is 2.91. The van der Waals surface area contributed by atoms with E-state index in [1.807, 2.05) is 0 Å². The number of carbonyl (C=O) groups excluding carboxylic acids is 1. The third kappa shape index (κ3) is 1.16. The van der Waals surface area contributed by atoms with Crippen LogP contribution in [0.3, 0.4) is 0 Å². The molecule has 0 spiro atoms. The molecule has 0 fully saturated rings. The predicted molar refractivity (Wildman–Crippen MR) is 38.7 cm³/mol. The predicted octanol–water partition coefficient (Wildman–Crippen LogP) is -1.32. The van der Waals surface area contributed by atoms with Crippen molar-refractivity contribution in [3.63, 3.8) is 0 Å². The third-order valence-corrected chi connectivity index (χ3v) is 1.30. The van der Waals surface area contributed by atoms with Crippen molar-refractivity contribution >= 4 is 19.0 Å². The number of aliphatic hydroxyl groups excluding tert-OH is 1. The van der Waals surface area contributed by atoms with Gasteiger partial charge in [0.05, 0.1) is 0 Å². The SMILES string of the molecule is [B]=C1C=CC(=O)N1CCO. The molecule has 1 radical (unpaired) electrons. The van der Waals surface area contributed by atoms with E-state index in [4.69, 9.17) is 12.6 Å². The number of aliphatic hydroxyl groups is 1. The molecular weight excluding hydrogens is 129 g/mol. The van der Waals surface area contributed by atoms with Gasteiger partial charge in [0.2, 0.25) is 0 Å². The first kappa shape index (κ1) is 7.21. The minimum absolute atomic E-state index is 0.0614. The molecule has 0 aromatic heterocycles. The fourth-order valence-electron chi connectivity index (χ4n) is 0.803. The summed E-state index contributed by atoms with van der Waals surface area (Å²) in [5, 5.41) is 8.47. The molecule has 0 saturated carbocycles. The summed E-state index contributed by atoms with van der Waals surface area (Å²) in [5.74, 6) is -0.161. The summed E-state index contributed by atoms with van der Waals surface area (Å²) in [6, 6.07) is 0. The van der Waals surface area contributed by atoms with E-state index >= 15 is 0 Å². The molecule has 0 aliphatic carbocycles. The molecule has 1 aliphatic heterocycles. The van der Waals surface area contributed by atoms with Gasteiger partial charge in [0.25, 0.3) is 0 Å². The van der Waals surface area contributed by atoms with Crippen molar-refractivity contribution in [1.82, 2.24) is 4.90 Å². The molecule has 0 bridgehead atoms. The van der Waals surface area contributed by atoms with Crippen LogP contribution in [0.15, 0.2) is 12.2 Å². The van der Waals surface area contributed by atoms with Crippen molar-refractivity contribution in [3.05, 3.63) is 12.2 Å². The molecule has 0 saturated heterocycles. The Morgan fingerprint density at radius 2 is 2.30 bits per heavy atom. The Morgan fingerprint density at radius 1 is 1.60 bits per heavy atom. The molecule has 1 aliphatic rings. The van der Waals surface area contributed by atoms with E-state index in [1.165, 1.54) is 17.1 Å². The van der Waals surface area contributed by atoms with E-state index in [2.05, 4.69) is 0 Å². The average molecular weight is 136 g/mol. The van der Waals surface area contributed by atoms with E-state index in [-0.39, 0.29) is 19.1 Å². The number of hydrogen-bond acceptors (Lipinski definition) is 2. The van der Waals surface area contributed by atoms with E-state index in [0.29, 0.717) is 5.59 Å². The van der Waals surface area contributed by atoms with Crippen LogP contribution >= 0.6 is 0 Å². The minimum atomic E-state index is -0.161. The summed E-state index contributed by atoms with van der Waals surface area (Å²) in [7, 11) is 5.38. The molecule has 1 N–H and O–H groups in total. The summed E-state index contributed by atoms with van der Waals surface area (Å²) in [6.45, 7) is 0.214. The van der Waals surface area contributed by atoms with Gasteiger partial charge in [-0.15, -0.1) is 0 Å². The normalized spacial score (nSPS) is 17.0. The zero-order valence-corrected chi connectivity index (χ0v) is 5.45. The number of β-amino-alcohol motifs (C(OH)–C–C–N with tert-alkyl or cyclic N) is 1. The van der Waals surface area contributed by atoms with Crippen LogP contribution in [-0.2, 0) is 4.79 Å². The summed E-state index contributed by atoms with van der Waals surface area (Å²) >= 11 is 0. The Labute approximate surface area is 60.0 Å². The van der Waals surface area contributed by atoms with Crippen LogP contribution in [0.25, 0.3) is 0 Å². The summed E-state index contributed by atoms with van der Waals surface area (Å²) in [5.41, 5.74) is 0.402. The molecule has 4 heteroatoms. The monoisotopic (exact) mass is 136 g/mol. The molecule has 51 valence electrons. The Kier molecular flexibility index (Phi) is 2.01. The Balaban J connectivity index is 2.60. The molecule has 10 heavy (non-hydrogen) atoms. The first-order valence-corrected chi connectivity index (χ1v) is 2.98. The van der Waals surface area contributed by atoms with Gasteiger partial charge >= 0.3 is 59.1 Å². The molecule has 1 heterocycles. The second-order valence-corrected chi connectivity index (χ2v) is 1.97. The fraction of sp³-hybridized carbons (Fsp3) is 0.333. The average Bonchev–Trinajstić information content (AvgIpc) is 2.20. The number of nitrogens with zero attached hydrogens (tertiary/aromatic N) is 1. The quantitative estimate of drug-likeness (QED) is 0.478. The van der Waals surface area contributed by atoms with Gasteiger partial charge < -0.3 is 0 Å². The van der Waals surface area contributed by atoms with Crippen molar-refractivity contribution in [2.24, 2.45) is 0 Å². The molecule has 3 nitrogen and oxygen atoms in total. The van der Waals surface area contributed by atoms with Crippen LogP contribution in [0.4, 0.5) is 0 Å². The van der Waals surface area contributed by atoms with E-state index < -0.39 is 0 Å². The summed E-state index contributed by atoms with van der Waals surface area (Å²) in [4.78, 5) is 12.1. The first-order valence-electron chi connectivity index (χ1n) is 2.98. The second-order valence-electron chi connectivity index (χ2n) is 1.97. The van der Waals surface area contributed by atoms with Crippen LogP contribution in [0.1, 0.15) is 0 Å². The zero-order valence-electron chi connectivity index (χ0n) is 5.45. The number of amides is 1. The molecular formula is C6H7BNO2. The molecule has 0 atom stereocenters. The van der Waals surface area contributed by atoms with Crippen LogP contribution in [0.5, 0.6) is 0 Å². The molecule has 0 aromatic rings. The van der Waals surface area contributed by atoms with E-state index in [1.54, 1.807) is 0 Å². The van der Waals surface area contributed by atoms with Crippen molar-refractivity contribution < 1.29 is 9.90 Å². The molecule has 1 amide bonds. The van der Waals surface area contributed by atoms with Gasteiger partial charge in [-0.05, 0) is 0 Å². The van der Waals surface area contributed by atoms with Crippen LogP contribution in [-0.4, -0.2) is 42.1 Å². The zero-order chi connectivity index (χ0) is 7.56.